The van der Waals surface area contributed by atoms with Gasteiger partial charge in [-0.05, 0) is 17.4 Å². The molecule has 1 aromatic carbocycles. The molecule has 1 rings (SSSR count). The van der Waals surface area contributed by atoms with Crippen molar-refractivity contribution in [1.29, 1.82) is 0 Å². The minimum Gasteiger partial charge on any atom is -0.423 e. The molecule has 0 heterocycles. The highest BCUT2D eigenvalue weighted by Gasteiger charge is 2.08. The van der Waals surface area contributed by atoms with Gasteiger partial charge in [-0.25, -0.2) is 0 Å². The molecule has 0 bridgehead atoms. The molecule has 2 N–H and O–H groups in total. The molecular weight excluding hydrogens is 163 g/mol. The second kappa shape index (κ2) is 4.85. The third-order valence-electron chi connectivity index (χ3n) is 1.78. The van der Waals surface area contributed by atoms with Crippen LogP contribution in [0.3, 0.4) is 0 Å². The lowest BCUT2D eigenvalue weighted by molar-refractivity contribution is 0.426. The van der Waals surface area contributed by atoms with Crippen molar-refractivity contribution in [3.05, 3.63) is 35.9 Å². The molecule has 0 aliphatic rings. The number of allylic oxidation sites excluding steroid dienone is 1. The molecule has 0 aliphatic carbocycles. The molecule has 0 radical (unpaired) electrons. The van der Waals surface area contributed by atoms with E-state index in [4.69, 9.17) is 10.0 Å². The van der Waals surface area contributed by atoms with Gasteiger partial charge in [-0.3, -0.25) is 0 Å². The average Bonchev–Trinajstić information content (AvgIpc) is 2.15. The van der Waals surface area contributed by atoms with Crippen LogP contribution >= 0.6 is 0 Å². The maximum absolute atomic E-state index is 8.83. The Morgan fingerprint density at radius 1 is 1.23 bits per heavy atom. The lowest BCUT2D eigenvalue weighted by Gasteiger charge is -1.98. The van der Waals surface area contributed by atoms with Crippen LogP contribution in [0.1, 0.15) is 18.9 Å². The average molecular weight is 176 g/mol. The first-order valence-electron chi connectivity index (χ1n) is 4.36. The number of rotatable bonds is 3. The minimum absolute atomic E-state index is 0.522. The van der Waals surface area contributed by atoms with Gasteiger partial charge in [-0.1, -0.05) is 43.3 Å². The van der Waals surface area contributed by atoms with E-state index in [1.54, 1.807) is 12.1 Å². The van der Waals surface area contributed by atoms with E-state index in [2.05, 4.69) is 13.0 Å². The molecule has 0 saturated carbocycles. The molecule has 0 spiro atoms. The number of hydrogen-bond donors (Lipinski definition) is 2. The smallest absolute Gasteiger partial charge is 0.423 e. The van der Waals surface area contributed by atoms with Gasteiger partial charge in [-0.2, -0.15) is 0 Å². The summed E-state index contributed by atoms with van der Waals surface area (Å²) in [4.78, 5) is 0. The molecule has 68 valence electrons. The molecule has 3 heteroatoms. The van der Waals surface area contributed by atoms with Crippen LogP contribution < -0.4 is 5.46 Å². The normalized spacial score (nSPS) is 10.7. The molecular formula is C10H13BO2. The van der Waals surface area contributed by atoms with E-state index >= 15 is 0 Å². The fourth-order valence-electron chi connectivity index (χ4n) is 1.03. The molecule has 2 nitrogen and oxygen atoms in total. The van der Waals surface area contributed by atoms with Crippen LogP contribution in [0.5, 0.6) is 0 Å². The van der Waals surface area contributed by atoms with Crippen LogP contribution in [0.2, 0.25) is 0 Å². The zero-order chi connectivity index (χ0) is 9.68. The fraction of sp³-hybridized carbons (Fsp3) is 0.200. The zero-order valence-electron chi connectivity index (χ0n) is 7.64. The van der Waals surface area contributed by atoms with Crippen LogP contribution in [0.4, 0.5) is 0 Å². The lowest BCUT2D eigenvalue weighted by Crippen LogP contribution is -2.29. The molecule has 0 aliphatic heterocycles. The Labute approximate surface area is 78.7 Å². The van der Waals surface area contributed by atoms with Crippen LogP contribution in [-0.2, 0) is 0 Å². The Kier molecular flexibility index (Phi) is 3.74. The van der Waals surface area contributed by atoms with Gasteiger partial charge < -0.3 is 10.0 Å². The second-order valence-corrected chi connectivity index (χ2v) is 2.85. The third kappa shape index (κ3) is 3.05. The van der Waals surface area contributed by atoms with Gasteiger partial charge in [-0.15, -0.1) is 0 Å². The Hall–Kier alpha value is -1.06. The quantitative estimate of drug-likeness (QED) is 0.668. The first-order valence-corrected chi connectivity index (χ1v) is 4.36. The molecule has 0 amide bonds. The van der Waals surface area contributed by atoms with E-state index in [-0.39, 0.29) is 0 Å². The highest BCUT2D eigenvalue weighted by molar-refractivity contribution is 6.58. The van der Waals surface area contributed by atoms with Crippen molar-refractivity contribution in [3.8, 4) is 0 Å². The highest BCUT2D eigenvalue weighted by atomic mass is 16.4. The first-order chi connectivity index (χ1) is 6.24. The summed E-state index contributed by atoms with van der Waals surface area (Å²) in [7, 11) is -1.37. The van der Waals surface area contributed by atoms with Crippen LogP contribution in [0.15, 0.2) is 30.3 Å². The van der Waals surface area contributed by atoms with Gasteiger partial charge >= 0.3 is 7.12 Å². The molecule has 1 aromatic rings. The second-order valence-electron chi connectivity index (χ2n) is 2.85. The van der Waals surface area contributed by atoms with Gasteiger partial charge in [0, 0.05) is 0 Å². The molecule has 0 aromatic heterocycles. The predicted octanol–water partition coefficient (Wildman–Crippen LogP) is 0.790. The summed E-state index contributed by atoms with van der Waals surface area (Å²) in [6.07, 6.45) is 5.07. The molecule has 0 unspecified atom stereocenters. The number of hydrogen-bond acceptors (Lipinski definition) is 2. The fourth-order valence-corrected chi connectivity index (χ4v) is 1.03. The van der Waals surface area contributed by atoms with Crippen LogP contribution in [-0.4, -0.2) is 17.2 Å². The summed E-state index contributed by atoms with van der Waals surface area (Å²) >= 11 is 0. The molecule has 0 saturated heterocycles. The first kappa shape index (κ1) is 10.0. The van der Waals surface area contributed by atoms with Gasteiger partial charge in [0.05, 0.1) is 0 Å². The summed E-state index contributed by atoms with van der Waals surface area (Å²) in [5.41, 5.74) is 1.60. The Balaban J connectivity index is 2.75. The summed E-state index contributed by atoms with van der Waals surface area (Å²) in [6, 6.07) is 7.14. The molecule has 13 heavy (non-hydrogen) atoms. The van der Waals surface area contributed by atoms with Crippen molar-refractivity contribution < 1.29 is 10.0 Å². The summed E-state index contributed by atoms with van der Waals surface area (Å²) in [5.74, 6) is 0. The van der Waals surface area contributed by atoms with Crippen LogP contribution in [0, 0.1) is 0 Å². The van der Waals surface area contributed by atoms with Crippen molar-refractivity contribution in [2.45, 2.75) is 13.3 Å². The van der Waals surface area contributed by atoms with E-state index in [1.165, 1.54) is 0 Å². The van der Waals surface area contributed by atoms with E-state index < -0.39 is 7.12 Å². The monoisotopic (exact) mass is 176 g/mol. The largest absolute Gasteiger partial charge is 0.488 e. The maximum Gasteiger partial charge on any atom is 0.488 e. The summed E-state index contributed by atoms with van der Waals surface area (Å²) < 4.78 is 0. The third-order valence-corrected chi connectivity index (χ3v) is 1.78. The van der Waals surface area contributed by atoms with E-state index in [1.807, 2.05) is 18.2 Å². The molecule has 0 atom stereocenters. The van der Waals surface area contributed by atoms with Crippen LogP contribution in [0.25, 0.3) is 6.08 Å². The Morgan fingerprint density at radius 2 is 1.85 bits per heavy atom. The summed E-state index contributed by atoms with van der Waals surface area (Å²) in [6.45, 7) is 2.07. The number of benzene rings is 1. The van der Waals surface area contributed by atoms with Crippen molar-refractivity contribution in [2.24, 2.45) is 0 Å². The van der Waals surface area contributed by atoms with Gasteiger partial charge in [0.25, 0.3) is 0 Å². The Morgan fingerprint density at radius 3 is 2.31 bits per heavy atom. The van der Waals surface area contributed by atoms with E-state index in [9.17, 15) is 0 Å². The topological polar surface area (TPSA) is 40.5 Å². The Bertz CT molecular complexity index is 277. The SMILES string of the molecule is CC/C=C/c1ccc(B(O)O)cc1. The highest BCUT2D eigenvalue weighted by Crippen LogP contribution is 2.00. The maximum atomic E-state index is 8.83. The van der Waals surface area contributed by atoms with Crippen molar-refractivity contribution in [2.75, 3.05) is 0 Å². The molecule has 0 fully saturated rings. The van der Waals surface area contributed by atoms with Crippen molar-refractivity contribution >= 4 is 18.7 Å². The lowest BCUT2D eigenvalue weighted by atomic mass is 9.80. The van der Waals surface area contributed by atoms with Gasteiger partial charge in [0.15, 0.2) is 0 Å². The summed E-state index contributed by atoms with van der Waals surface area (Å²) in [5, 5.41) is 17.7. The standard InChI is InChI=1S/C10H13BO2/c1-2-3-4-9-5-7-10(8-6-9)11(12)13/h3-8,12-13H,2H2,1H3/b4-3+. The van der Waals surface area contributed by atoms with Gasteiger partial charge in [0.2, 0.25) is 0 Å². The van der Waals surface area contributed by atoms with Crippen molar-refractivity contribution in [3.63, 3.8) is 0 Å². The van der Waals surface area contributed by atoms with E-state index in [0.717, 1.165) is 12.0 Å². The van der Waals surface area contributed by atoms with Crippen molar-refractivity contribution in [1.82, 2.24) is 0 Å². The zero-order valence-corrected chi connectivity index (χ0v) is 7.64. The van der Waals surface area contributed by atoms with Gasteiger partial charge in [0.1, 0.15) is 0 Å². The van der Waals surface area contributed by atoms with E-state index in [0.29, 0.717) is 5.46 Å². The predicted molar refractivity (Wildman–Crippen MR) is 55.6 cm³/mol. The minimum atomic E-state index is -1.37.